The number of alkyl halides is 3. The van der Waals surface area contributed by atoms with Gasteiger partial charge in [0.05, 0.1) is 15.5 Å². The number of rotatable bonds is 3. The smallest absolute Gasteiger partial charge is 0.225 e. The van der Waals surface area contributed by atoms with Crippen LogP contribution in [0.4, 0.5) is 22.0 Å². The highest BCUT2D eigenvalue weighted by Crippen LogP contribution is 2.41. The molecule has 0 aliphatic rings. The lowest BCUT2D eigenvalue weighted by atomic mass is 9.93. The number of primary sulfonamides is 1. The Bertz CT molecular complexity index is 1210. The van der Waals surface area contributed by atoms with E-state index < -0.39 is 43.3 Å². The van der Waals surface area contributed by atoms with E-state index >= 15 is 0 Å². The van der Waals surface area contributed by atoms with Crippen molar-refractivity contribution in [2.24, 2.45) is 5.14 Å². The van der Waals surface area contributed by atoms with E-state index in [2.05, 4.69) is 0 Å². The first-order valence-corrected chi connectivity index (χ1v) is 9.80. The van der Waals surface area contributed by atoms with Crippen LogP contribution in [0.1, 0.15) is 5.56 Å². The van der Waals surface area contributed by atoms with Crippen molar-refractivity contribution in [3.05, 3.63) is 76.8 Å². The third-order valence-electron chi connectivity index (χ3n) is 4.13. The fourth-order valence-corrected chi connectivity index (χ4v) is 3.83. The van der Waals surface area contributed by atoms with Crippen LogP contribution in [0.2, 0.25) is 5.02 Å². The van der Waals surface area contributed by atoms with Crippen LogP contribution >= 0.6 is 11.6 Å². The van der Waals surface area contributed by atoms with Gasteiger partial charge < -0.3 is 0 Å². The summed E-state index contributed by atoms with van der Waals surface area (Å²) in [6.07, 6.45) is -4.79. The summed E-state index contributed by atoms with van der Waals surface area (Å²) in [5.41, 5.74) is -1.72. The van der Waals surface area contributed by atoms with Gasteiger partial charge >= 0.3 is 6.18 Å². The maximum Gasteiger partial charge on any atom is 0.417 e. The first-order valence-electron chi connectivity index (χ1n) is 7.88. The zero-order chi connectivity index (χ0) is 21.6. The zero-order valence-corrected chi connectivity index (χ0v) is 15.8. The van der Waals surface area contributed by atoms with Gasteiger partial charge in [-0.3, -0.25) is 0 Å². The largest absolute Gasteiger partial charge is 0.417 e. The second kappa shape index (κ2) is 7.40. The normalized spacial score (nSPS) is 12.2. The van der Waals surface area contributed by atoms with Gasteiger partial charge in [-0.25, -0.2) is 22.3 Å². The Morgan fingerprint density at radius 2 is 1.41 bits per heavy atom. The molecule has 0 saturated heterocycles. The summed E-state index contributed by atoms with van der Waals surface area (Å²) in [4.78, 5) is -0.391. The number of hydrogen-bond acceptors (Lipinski definition) is 2. The Morgan fingerprint density at radius 3 is 2.00 bits per heavy atom. The molecule has 0 unspecified atom stereocenters. The maximum atomic E-state index is 14.0. The number of benzene rings is 3. The molecule has 0 amide bonds. The molecule has 0 aliphatic carbocycles. The van der Waals surface area contributed by atoms with Gasteiger partial charge in [0.25, 0.3) is 0 Å². The molecule has 0 aromatic heterocycles. The van der Waals surface area contributed by atoms with Crippen molar-refractivity contribution in [3.8, 4) is 22.3 Å². The van der Waals surface area contributed by atoms with Crippen molar-refractivity contribution in [2.75, 3.05) is 0 Å². The lowest BCUT2D eigenvalue weighted by molar-refractivity contribution is -0.137. The van der Waals surface area contributed by atoms with Gasteiger partial charge in [0.1, 0.15) is 0 Å². The molecule has 0 heterocycles. The molecule has 152 valence electrons. The van der Waals surface area contributed by atoms with E-state index in [9.17, 15) is 30.4 Å². The van der Waals surface area contributed by atoms with Crippen LogP contribution in [-0.2, 0) is 16.2 Å². The molecule has 0 fully saturated rings. The second-order valence-electron chi connectivity index (χ2n) is 6.05. The summed E-state index contributed by atoms with van der Waals surface area (Å²) in [7, 11) is -4.26. The van der Waals surface area contributed by atoms with Gasteiger partial charge in [0, 0.05) is 5.56 Å². The lowest BCUT2D eigenvalue weighted by Crippen LogP contribution is -2.13. The van der Waals surface area contributed by atoms with Gasteiger partial charge in [-0.2, -0.15) is 13.2 Å². The summed E-state index contributed by atoms with van der Waals surface area (Å²) in [5.74, 6) is -2.63. The molecule has 3 nitrogen and oxygen atoms in total. The zero-order valence-electron chi connectivity index (χ0n) is 14.3. The third kappa shape index (κ3) is 4.26. The molecule has 3 aromatic rings. The van der Waals surface area contributed by atoms with Crippen LogP contribution in [0.5, 0.6) is 0 Å². The molecule has 10 heteroatoms. The van der Waals surface area contributed by atoms with E-state index in [0.29, 0.717) is 18.2 Å². The van der Waals surface area contributed by atoms with Crippen molar-refractivity contribution in [1.29, 1.82) is 0 Å². The Labute approximate surface area is 167 Å². The van der Waals surface area contributed by atoms with Gasteiger partial charge in [0.2, 0.25) is 10.0 Å². The third-order valence-corrected chi connectivity index (χ3v) is 5.43. The molecule has 0 bridgehead atoms. The quantitative estimate of drug-likeness (QED) is 0.530. The standard InChI is InChI=1S/C19H11ClF5NO2S/c20-15-6-5-10(7-14(15)19(23,24)25)12-8-16(21)17(22)9-13(12)11-3-1-2-4-18(11)29(26,27)28/h1-9H,(H2,26,27,28). The van der Waals surface area contributed by atoms with Gasteiger partial charge in [-0.1, -0.05) is 35.9 Å². The number of nitrogens with two attached hydrogens (primary N) is 1. The lowest BCUT2D eigenvalue weighted by Gasteiger charge is -2.16. The predicted octanol–water partition coefficient (Wildman–Crippen LogP) is 5.62. The molecule has 3 aromatic carbocycles. The number of hydrogen-bond donors (Lipinski definition) is 1. The van der Waals surface area contributed by atoms with Crippen molar-refractivity contribution in [1.82, 2.24) is 0 Å². The summed E-state index contributed by atoms with van der Waals surface area (Å²) in [6.45, 7) is 0. The van der Waals surface area contributed by atoms with Gasteiger partial charge in [-0.05, 0) is 47.0 Å². The van der Waals surface area contributed by atoms with E-state index in [-0.39, 0.29) is 22.3 Å². The molecule has 0 aliphatic heterocycles. The molecule has 0 spiro atoms. The molecule has 29 heavy (non-hydrogen) atoms. The fraction of sp³-hybridized carbons (Fsp3) is 0.0526. The van der Waals surface area contributed by atoms with Crippen molar-refractivity contribution < 1.29 is 30.4 Å². The minimum absolute atomic E-state index is 0.0904. The minimum atomic E-state index is -4.79. The topological polar surface area (TPSA) is 60.2 Å². The fourth-order valence-electron chi connectivity index (χ4n) is 2.86. The molecule has 0 saturated carbocycles. The Hall–Kier alpha value is -2.49. The van der Waals surface area contributed by atoms with E-state index in [4.69, 9.17) is 16.7 Å². The van der Waals surface area contributed by atoms with Crippen LogP contribution in [0, 0.1) is 11.6 Å². The molecule has 3 rings (SSSR count). The molecule has 0 radical (unpaired) electrons. The molecular formula is C19H11ClF5NO2S. The van der Waals surface area contributed by atoms with Crippen LogP contribution < -0.4 is 5.14 Å². The summed E-state index contributed by atoms with van der Waals surface area (Å²) < 4.78 is 91.4. The molecular weight excluding hydrogens is 437 g/mol. The SMILES string of the molecule is NS(=O)(=O)c1ccccc1-c1cc(F)c(F)cc1-c1ccc(Cl)c(C(F)(F)F)c1. The first kappa shape index (κ1) is 21.2. The van der Waals surface area contributed by atoms with E-state index in [1.807, 2.05) is 0 Å². The average molecular weight is 448 g/mol. The molecule has 0 atom stereocenters. The van der Waals surface area contributed by atoms with E-state index in [1.54, 1.807) is 0 Å². The van der Waals surface area contributed by atoms with Crippen LogP contribution in [0.15, 0.2) is 59.5 Å². The number of sulfonamides is 1. The average Bonchev–Trinajstić information content (AvgIpc) is 2.62. The highest BCUT2D eigenvalue weighted by molar-refractivity contribution is 7.89. The van der Waals surface area contributed by atoms with Gasteiger partial charge in [0.15, 0.2) is 11.6 Å². The Kier molecular flexibility index (Phi) is 5.42. The summed E-state index contributed by atoms with van der Waals surface area (Å²) >= 11 is 5.62. The number of halogens is 6. The summed E-state index contributed by atoms with van der Waals surface area (Å²) in [6, 6.07) is 9.46. The van der Waals surface area contributed by atoms with Crippen molar-refractivity contribution in [3.63, 3.8) is 0 Å². The Balaban J connectivity index is 2.37. The Morgan fingerprint density at radius 1 is 0.828 bits per heavy atom. The van der Waals surface area contributed by atoms with E-state index in [1.165, 1.54) is 24.3 Å². The second-order valence-corrected chi connectivity index (χ2v) is 7.98. The van der Waals surface area contributed by atoms with Crippen molar-refractivity contribution >= 4 is 21.6 Å². The van der Waals surface area contributed by atoms with E-state index in [0.717, 1.165) is 12.1 Å². The maximum absolute atomic E-state index is 14.0. The minimum Gasteiger partial charge on any atom is -0.225 e. The van der Waals surface area contributed by atoms with Crippen molar-refractivity contribution in [2.45, 2.75) is 11.1 Å². The summed E-state index contributed by atoms with van der Waals surface area (Å²) in [5, 5.41) is 4.62. The van der Waals surface area contributed by atoms with Crippen LogP contribution in [0.3, 0.4) is 0 Å². The first-order chi connectivity index (χ1) is 13.4. The highest BCUT2D eigenvalue weighted by Gasteiger charge is 2.33. The predicted molar refractivity (Wildman–Crippen MR) is 98.6 cm³/mol. The monoisotopic (exact) mass is 447 g/mol. The van der Waals surface area contributed by atoms with Gasteiger partial charge in [-0.15, -0.1) is 0 Å². The highest BCUT2D eigenvalue weighted by atomic mass is 35.5. The van der Waals surface area contributed by atoms with Crippen LogP contribution in [0.25, 0.3) is 22.3 Å². The molecule has 2 N–H and O–H groups in total. The van der Waals surface area contributed by atoms with Crippen LogP contribution in [-0.4, -0.2) is 8.42 Å².